The zero-order chi connectivity index (χ0) is 18.4. The second kappa shape index (κ2) is 8.74. The van der Waals surface area contributed by atoms with Crippen LogP contribution in [0, 0.1) is 6.92 Å². The summed E-state index contributed by atoms with van der Waals surface area (Å²) in [6, 6.07) is 12.0. The molecule has 0 saturated carbocycles. The van der Waals surface area contributed by atoms with Gasteiger partial charge in [-0.3, -0.25) is 4.79 Å². The number of nitrogens with one attached hydrogen (secondary N) is 1. The van der Waals surface area contributed by atoms with Crippen LogP contribution in [0.2, 0.25) is 10.0 Å². The van der Waals surface area contributed by atoms with Gasteiger partial charge >= 0.3 is 5.97 Å². The van der Waals surface area contributed by atoms with E-state index in [1.54, 1.807) is 36.4 Å². The average Bonchev–Trinajstić information content (AvgIpc) is 2.57. The molecule has 0 heterocycles. The molecule has 0 bridgehead atoms. The van der Waals surface area contributed by atoms with Gasteiger partial charge in [-0.05, 0) is 43.7 Å². The van der Waals surface area contributed by atoms with E-state index in [2.05, 4.69) is 5.32 Å². The van der Waals surface area contributed by atoms with Crippen molar-refractivity contribution >= 4 is 40.8 Å². The molecule has 1 N–H and O–H groups in total. The number of ether oxygens (including phenoxy) is 2. The van der Waals surface area contributed by atoms with Gasteiger partial charge in [0, 0.05) is 0 Å². The zero-order valence-electron chi connectivity index (χ0n) is 13.7. The highest BCUT2D eigenvalue weighted by Gasteiger charge is 2.19. The van der Waals surface area contributed by atoms with E-state index in [9.17, 15) is 9.59 Å². The fourth-order valence-electron chi connectivity index (χ4n) is 1.94. The first-order valence-corrected chi connectivity index (χ1v) is 8.26. The molecule has 0 aliphatic heterocycles. The van der Waals surface area contributed by atoms with E-state index < -0.39 is 18.0 Å². The number of hydrogen-bond donors (Lipinski definition) is 1. The number of amides is 1. The number of aryl methyl sites for hydroxylation is 1. The van der Waals surface area contributed by atoms with Crippen molar-refractivity contribution in [2.24, 2.45) is 0 Å². The molecule has 0 saturated heterocycles. The maximum atomic E-state index is 12.1. The monoisotopic (exact) mass is 381 g/mol. The van der Waals surface area contributed by atoms with Crippen molar-refractivity contribution in [3.8, 4) is 5.75 Å². The van der Waals surface area contributed by atoms with E-state index in [0.717, 1.165) is 5.56 Å². The van der Waals surface area contributed by atoms with E-state index in [-0.39, 0.29) is 6.61 Å². The summed E-state index contributed by atoms with van der Waals surface area (Å²) in [6.45, 7) is 2.99. The highest BCUT2D eigenvalue weighted by atomic mass is 35.5. The molecule has 0 aromatic heterocycles. The lowest BCUT2D eigenvalue weighted by molar-refractivity contribution is -0.155. The Bertz CT molecular complexity index is 779. The molecule has 0 aliphatic carbocycles. The molecular formula is C18H17Cl2NO4. The van der Waals surface area contributed by atoms with Gasteiger partial charge in [0.1, 0.15) is 5.75 Å². The van der Waals surface area contributed by atoms with Gasteiger partial charge in [-0.2, -0.15) is 0 Å². The fraction of sp³-hybridized carbons (Fsp3) is 0.222. The maximum Gasteiger partial charge on any atom is 0.344 e. The average molecular weight is 382 g/mol. The Labute approximate surface area is 155 Å². The smallest absolute Gasteiger partial charge is 0.344 e. The molecule has 0 spiro atoms. The third kappa shape index (κ3) is 5.66. The van der Waals surface area contributed by atoms with Crippen LogP contribution in [0.25, 0.3) is 0 Å². The van der Waals surface area contributed by atoms with Crippen LogP contribution in [0.5, 0.6) is 5.75 Å². The SMILES string of the molecule is Cc1ccc(Cl)c(OCC(=O)O[C@@H](C)C(=O)Nc2ccccc2Cl)c1. The minimum Gasteiger partial charge on any atom is -0.480 e. The second-order valence-corrected chi connectivity index (χ2v) is 6.14. The Morgan fingerprint density at radius 2 is 1.84 bits per heavy atom. The number of halogens is 2. The first-order valence-electron chi connectivity index (χ1n) is 7.50. The standard InChI is InChI=1S/C18H17Cl2NO4/c1-11-7-8-14(20)16(9-11)24-10-17(22)25-12(2)18(23)21-15-6-4-3-5-13(15)19/h3-9,12H,10H2,1-2H3,(H,21,23)/t12-/m0/s1. The summed E-state index contributed by atoms with van der Waals surface area (Å²) in [7, 11) is 0. The lowest BCUT2D eigenvalue weighted by atomic mass is 10.2. The summed E-state index contributed by atoms with van der Waals surface area (Å²) < 4.78 is 10.4. The molecule has 2 aromatic carbocycles. The van der Waals surface area contributed by atoms with Crippen LogP contribution in [-0.2, 0) is 14.3 Å². The molecule has 25 heavy (non-hydrogen) atoms. The number of rotatable bonds is 6. The van der Waals surface area contributed by atoms with E-state index in [0.29, 0.717) is 21.5 Å². The molecule has 5 nitrogen and oxygen atoms in total. The molecule has 1 atom stereocenters. The lowest BCUT2D eigenvalue weighted by Gasteiger charge is -2.15. The van der Waals surface area contributed by atoms with Crippen molar-refractivity contribution in [1.29, 1.82) is 0 Å². The number of anilines is 1. The summed E-state index contributed by atoms with van der Waals surface area (Å²) in [6.07, 6.45) is -1.000. The van der Waals surface area contributed by atoms with Crippen molar-refractivity contribution in [1.82, 2.24) is 0 Å². The van der Waals surface area contributed by atoms with Crippen molar-refractivity contribution in [2.75, 3.05) is 11.9 Å². The van der Waals surface area contributed by atoms with Crippen molar-refractivity contribution in [3.63, 3.8) is 0 Å². The third-order valence-corrected chi connectivity index (χ3v) is 3.88. The minimum atomic E-state index is -1.000. The Balaban J connectivity index is 1.86. The van der Waals surface area contributed by atoms with Crippen LogP contribution < -0.4 is 10.1 Å². The van der Waals surface area contributed by atoms with E-state index in [4.69, 9.17) is 32.7 Å². The summed E-state index contributed by atoms with van der Waals surface area (Å²) >= 11 is 12.0. The van der Waals surface area contributed by atoms with Gasteiger partial charge in [-0.15, -0.1) is 0 Å². The Hall–Kier alpha value is -2.24. The van der Waals surface area contributed by atoms with Gasteiger partial charge in [0.2, 0.25) is 0 Å². The molecule has 0 fully saturated rings. The largest absolute Gasteiger partial charge is 0.480 e. The molecule has 0 radical (unpaired) electrons. The molecule has 0 aliphatic rings. The van der Waals surface area contributed by atoms with Crippen LogP contribution in [0.1, 0.15) is 12.5 Å². The van der Waals surface area contributed by atoms with E-state index >= 15 is 0 Å². The number of esters is 1. The molecule has 2 aromatic rings. The zero-order valence-corrected chi connectivity index (χ0v) is 15.2. The molecule has 0 unspecified atom stereocenters. The maximum absolute atomic E-state index is 12.1. The molecule has 7 heteroatoms. The quantitative estimate of drug-likeness (QED) is 0.759. The number of hydrogen-bond acceptors (Lipinski definition) is 4. The number of para-hydroxylation sites is 1. The predicted molar refractivity (Wildman–Crippen MR) is 97.3 cm³/mol. The Kier molecular flexibility index (Phi) is 6.67. The van der Waals surface area contributed by atoms with E-state index in [1.807, 2.05) is 13.0 Å². The Morgan fingerprint density at radius 3 is 2.56 bits per heavy atom. The summed E-state index contributed by atoms with van der Waals surface area (Å²) in [5.41, 5.74) is 1.39. The molecule has 2 rings (SSSR count). The lowest BCUT2D eigenvalue weighted by Crippen LogP contribution is -2.31. The van der Waals surface area contributed by atoms with Gasteiger partial charge in [0.25, 0.3) is 5.91 Å². The van der Waals surface area contributed by atoms with Gasteiger partial charge in [-0.1, -0.05) is 41.4 Å². The van der Waals surface area contributed by atoms with E-state index in [1.165, 1.54) is 6.92 Å². The minimum absolute atomic E-state index is 0.354. The fourth-order valence-corrected chi connectivity index (χ4v) is 2.29. The topological polar surface area (TPSA) is 64.6 Å². The predicted octanol–water partition coefficient (Wildman–Crippen LogP) is 4.25. The first kappa shape index (κ1) is 19.1. The summed E-state index contributed by atoms with van der Waals surface area (Å²) in [5, 5.41) is 3.38. The van der Waals surface area contributed by atoms with Crippen molar-refractivity contribution in [2.45, 2.75) is 20.0 Å². The normalized spacial score (nSPS) is 11.5. The van der Waals surface area contributed by atoms with Crippen LogP contribution in [0.4, 0.5) is 5.69 Å². The van der Waals surface area contributed by atoms with Crippen LogP contribution >= 0.6 is 23.2 Å². The highest BCUT2D eigenvalue weighted by Crippen LogP contribution is 2.25. The number of carbonyl (C=O) groups excluding carboxylic acids is 2. The van der Waals surface area contributed by atoms with Crippen LogP contribution in [0.15, 0.2) is 42.5 Å². The van der Waals surface area contributed by atoms with Gasteiger partial charge in [0.05, 0.1) is 15.7 Å². The second-order valence-electron chi connectivity index (χ2n) is 5.32. The Morgan fingerprint density at radius 1 is 1.12 bits per heavy atom. The molecule has 1 amide bonds. The number of carbonyl (C=O) groups is 2. The summed E-state index contributed by atoms with van der Waals surface area (Å²) in [5.74, 6) is -0.791. The number of benzene rings is 2. The highest BCUT2D eigenvalue weighted by molar-refractivity contribution is 6.33. The van der Waals surface area contributed by atoms with Crippen molar-refractivity contribution < 1.29 is 19.1 Å². The molecule has 132 valence electrons. The van der Waals surface area contributed by atoms with Crippen molar-refractivity contribution in [3.05, 3.63) is 58.1 Å². The van der Waals surface area contributed by atoms with Gasteiger partial charge in [0.15, 0.2) is 12.7 Å². The van der Waals surface area contributed by atoms with Crippen LogP contribution in [-0.4, -0.2) is 24.6 Å². The van der Waals surface area contributed by atoms with Gasteiger partial charge < -0.3 is 14.8 Å². The first-order chi connectivity index (χ1) is 11.9. The summed E-state index contributed by atoms with van der Waals surface area (Å²) in [4.78, 5) is 23.9. The third-order valence-electron chi connectivity index (χ3n) is 3.24. The molecular weight excluding hydrogens is 365 g/mol. The van der Waals surface area contributed by atoms with Gasteiger partial charge in [-0.25, -0.2) is 4.79 Å². The van der Waals surface area contributed by atoms with Crippen LogP contribution in [0.3, 0.4) is 0 Å².